The summed E-state index contributed by atoms with van der Waals surface area (Å²) in [5.41, 5.74) is 4.76. The van der Waals surface area contributed by atoms with E-state index in [-0.39, 0.29) is 35.9 Å². The van der Waals surface area contributed by atoms with Crippen LogP contribution in [0.15, 0.2) is 36.4 Å². The van der Waals surface area contributed by atoms with Gasteiger partial charge in [-0.05, 0) is 36.2 Å². The fourth-order valence-corrected chi connectivity index (χ4v) is 2.81. The quantitative estimate of drug-likeness (QED) is 0.697. The predicted molar refractivity (Wildman–Crippen MR) is 96.3 cm³/mol. The molecule has 10 heteroatoms. The number of aliphatic hydroxyl groups is 1. The van der Waals surface area contributed by atoms with Crippen molar-refractivity contribution in [3.05, 3.63) is 53.2 Å². The Labute approximate surface area is 164 Å². The van der Waals surface area contributed by atoms with E-state index >= 15 is 0 Å². The van der Waals surface area contributed by atoms with Crippen molar-refractivity contribution in [1.82, 2.24) is 10.3 Å². The van der Waals surface area contributed by atoms with Crippen LogP contribution in [0, 0.1) is 0 Å². The zero-order chi connectivity index (χ0) is 21.0. The third-order valence-corrected chi connectivity index (χ3v) is 4.34. The molecular weight excluding hydrogens is 391 g/mol. The number of alkyl halides is 3. The molecule has 0 radical (unpaired) electrons. The number of aliphatic hydroxyl groups excluding tert-OH is 1. The van der Waals surface area contributed by atoms with E-state index in [1.54, 1.807) is 0 Å². The number of halogens is 3. The fraction of sp³-hybridized carbons (Fsp3) is 0.368. The number of benzene rings is 1. The number of rotatable bonds is 5. The van der Waals surface area contributed by atoms with Crippen molar-refractivity contribution in [2.45, 2.75) is 31.3 Å². The van der Waals surface area contributed by atoms with Crippen LogP contribution in [0.25, 0.3) is 0 Å². The van der Waals surface area contributed by atoms with Gasteiger partial charge in [0.1, 0.15) is 11.4 Å². The van der Waals surface area contributed by atoms with Crippen LogP contribution in [-0.4, -0.2) is 41.4 Å². The summed E-state index contributed by atoms with van der Waals surface area (Å²) in [6.45, 7) is 0.501. The van der Waals surface area contributed by atoms with Gasteiger partial charge >= 0.3 is 6.18 Å². The van der Waals surface area contributed by atoms with Gasteiger partial charge in [0.05, 0.1) is 18.8 Å². The van der Waals surface area contributed by atoms with Crippen LogP contribution in [0.4, 0.5) is 13.2 Å². The highest BCUT2D eigenvalue weighted by Gasteiger charge is 2.33. The predicted octanol–water partition coefficient (Wildman–Crippen LogP) is 2.23. The summed E-state index contributed by atoms with van der Waals surface area (Å²) in [5.74, 6) is -0.619. The molecule has 2 heterocycles. The van der Waals surface area contributed by atoms with Gasteiger partial charge in [-0.3, -0.25) is 4.79 Å². The number of carbonyl (C=O) groups excluding carboxylic acids is 1. The lowest BCUT2D eigenvalue weighted by Crippen LogP contribution is -2.49. The van der Waals surface area contributed by atoms with Crippen LogP contribution in [0.2, 0.25) is 0 Å². The van der Waals surface area contributed by atoms with Gasteiger partial charge in [0.25, 0.3) is 5.91 Å². The van der Waals surface area contributed by atoms with Gasteiger partial charge in [-0.1, -0.05) is 6.07 Å². The number of ether oxygens (including phenoxy) is 2. The molecule has 0 spiro atoms. The normalized spacial score (nSPS) is 19.6. The van der Waals surface area contributed by atoms with Crippen LogP contribution in [-0.2, 0) is 17.5 Å². The van der Waals surface area contributed by atoms with Crippen LogP contribution < -0.4 is 15.8 Å². The van der Waals surface area contributed by atoms with Crippen molar-refractivity contribution in [1.29, 1.82) is 0 Å². The smallest absolute Gasteiger partial charge is 0.433 e. The number of carbonyl (C=O) groups is 1. The van der Waals surface area contributed by atoms with E-state index in [1.807, 2.05) is 0 Å². The number of hydrogen-bond donors (Lipinski definition) is 3. The van der Waals surface area contributed by atoms with Gasteiger partial charge in [-0.2, -0.15) is 13.2 Å². The molecule has 1 saturated heterocycles. The molecule has 7 nitrogen and oxygen atoms in total. The van der Waals surface area contributed by atoms with Crippen molar-refractivity contribution in [3.63, 3.8) is 0 Å². The van der Waals surface area contributed by atoms with Crippen molar-refractivity contribution < 1.29 is 32.5 Å². The van der Waals surface area contributed by atoms with Crippen molar-refractivity contribution in [3.8, 4) is 11.6 Å². The molecule has 1 fully saturated rings. The lowest BCUT2D eigenvalue weighted by Gasteiger charge is -2.28. The number of pyridine rings is 1. The van der Waals surface area contributed by atoms with E-state index in [0.717, 1.165) is 6.07 Å². The summed E-state index contributed by atoms with van der Waals surface area (Å²) in [6.07, 6.45) is -4.94. The molecule has 0 saturated carbocycles. The Balaban J connectivity index is 1.77. The van der Waals surface area contributed by atoms with Crippen molar-refractivity contribution >= 4 is 5.91 Å². The Morgan fingerprint density at radius 2 is 2.14 bits per heavy atom. The van der Waals surface area contributed by atoms with Crippen molar-refractivity contribution in [2.24, 2.45) is 5.73 Å². The largest absolute Gasteiger partial charge is 0.439 e. The highest BCUT2D eigenvalue weighted by molar-refractivity contribution is 5.94. The van der Waals surface area contributed by atoms with Crippen LogP contribution in [0.1, 0.15) is 28.0 Å². The molecule has 0 unspecified atom stereocenters. The second kappa shape index (κ2) is 8.76. The Morgan fingerprint density at radius 3 is 2.83 bits per heavy atom. The summed E-state index contributed by atoms with van der Waals surface area (Å²) in [6, 6.07) is 7.51. The van der Waals surface area contributed by atoms with E-state index < -0.39 is 29.9 Å². The Morgan fingerprint density at radius 1 is 1.34 bits per heavy atom. The Kier molecular flexibility index (Phi) is 6.36. The maximum absolute atomic E-state index is 13.0. The number of aromatic nitrogens is 1. The van der Waals surface area contributed by atoms with Crippen LogP contribution in [0.5, 0.6) is 11.6 Å². The van der Waals surface area contributed by atoms with E-state index in [9.17, 15) is 23.1 Å². The molecule has 2 atom stereocenters. The highest BCUT2D eigenvalue weighted by atomic mass is 19.4. The van der Waals surface area contributed by atoms with Gasteiger partial charge in [-0.15, -0.1) is 0 Å². The average molecular weight is 411 g/mol. The fourth-order valence-electron chi connectivity index (χ4n) is 2.81. The minimum atomic E-state index is -4.64. The lowest BCUT2D eigenvalue weighted by molar-refractivity contribution is -0.141. The first kappa shape index (κ1) is 21.0. The SMILES string of the molecule is NCc1cc(Oc2cccc(C(=O)N[C@H]3COCC[C@@H]3O)c2)nc(C(F)(F)F)c1. The summed E-state index contributed by atoms with van der Waals surface area (Å²) >= 11 is 0. The molecule has 4 N–H and O–H groups in total. The van der Waals surface area contributed by atoms with Gasteiger partial charge in [0.15, 0.2) is 0 Å². The third-order valence-electron chi connectivity index (χ3n) is 4.34. The van der Waals surface area contributed by atoms with Crippen LogP contribution in [0.3, 0.4) is 0 Å². The molecule has 1 amide bonds. The Hall–Kier alpha value is -2.69. The molecule has 2 aromatic rings. The summed E-state index contributed by atoms with van der Waals surface area (Å²) in [4.78, 5) is 15.9. The van der Waals surface area contributed by atoms with Gasteiger partial charge < -0.3 is 25.6 Å². The Bertz CT molecular complexity index is 876. The number of amides is 1. The zero-order valence-electron chi connectivity index (χ0n) is 15.3. The molecule has 156 valence electrons. The minimum Gasteiger partial charge on any atom is -0.439 e. The molecule has 1 aliphatic rings. The van der Waals surface area contributed by atoms with Crippen LogP contribution >= 0.6 is 0 Å². The standard InChI is InChI=1S/C19H20F3N3O4/c20-19(21,22)16-6-11(9-23)7-17(25-16)29-13-3-1-2-12(8-13)18(27)24-14-10-28-5-4-15(14)26/h1-3,6-8,14-15,26H,4-5,9-10,23H2,(H,24,27)/t14-,15-/m0/s1. The lowest BCUT2D eigenvalue weighted by atomic mass is 10.1. The average Bonchev–Trinajstić information content (AvgIpc) is 2.69. The monoisotopic (exact) mass is 411 g/mol. The van der Waals surface area contributed by atoms with Gasteiger partial charge in [0.2, 0.25) is 5.88 Å². The number of hydrogen-bond acceptors (Lipinski definition) is 6. The maximum atomic E-state index is 13.0. The first-order valence-electron chi connectivity index (χ1n) is 8.89. The minimum absolute atomic E-state index is 0.115. The molecule has 3 rings (SSSR count). The summed E-state index contributed by atoms with van der Waals surface area (Å²) in [7, 11) is 0. The van der Waals surface area contributed by atoms with Crippen molar-refractivity contribution in [2.75, 3.05) is 13.2 Å². The summed E-state index contributed by atoms with van der Waals surface area (Å²) < 4.78 is 49.7. The zero-order valence-corrected chi connectivity index (χ0v) is 15.3. The number of nitrogens with one attached hydrogen (secondary N) is 1. The summed E-state index contributed by atoms with van der Waals surface area (Å²) in [5, 5.41) is 12.6. The molecule has 1 aliphatic heterocycles. The van der Waals surface area contributed by atoms with Gasteiger partial charge in [0, 0.05) is 24.8 Å². The van der Waals surface area contributed by atoms with Gasteiger partial charge in [-0.25, -0.2) is 4.98 Å². The molecule has 29 heavy (non-hydrogen) atoms. The number of nitrogens with two attached hydrogens (primary N) is 1. The van der Waals surface area contributed by atoms with E-state index in [2.05, 4.69) is 10.3 Å². The molecular formula is C19H20F3N3O4. The third kappa shape index (κ3) is 5.43. The molecule has 0 bridgehead atoms. The first-order chi connectivity index (χ1) is 13.8. The topological polar surface area (TPSA) is 107 Å². The van der Waals surface area contributed by atoms with E-state index in [4.69, 9.17) is 15.2 Å². The molecule has 0 aliphatic carbocycles. The second-order valence-corrected chi connectivity index (χ2v) is 6.54. The van der Waals surface area contributed by atoms with E-state index in [0.29, 0.717) is 13.0 Å². The first-order valence-corrected chi connectivity index (χ1v) is 8.89. The maximum Gasteiger partial charge on any atom is 0.433 e. The second-order valence-electron chi connectivity index (χ2n) is 6.54. The number of nitrogens with zero attached hydrogens (tertiary/aromatic N) is 1. The molecule has 1 aromatic carbocycles. The highest BCUT2D eigenvalue weighted by Crippen LogP contribution is 2.31. The van der Waals surface area contributed by atoms with E-state index in [1.165, 1.54) is 30.3 Å². The molecule has 1 aromatic heterocycles.